The van der Waals surface area contributed by atoms with Crippen LogP contribution in [-0.2, 0) is 9.53 Å². The third-order valence-electron chi connectivity index (χ3n) is 3.98. The van der Waals surface area contributed by atoms with Gasteiger partial charge in [0, 0.05) is 17.7 Å². The van der Waals surface area contributed by atoms with E-state index in [2.05, 4.69) is 16.0 Å². The largest absolute Gasteiger partial charge is 0.494 e. The lowest BCUT2D eigenvalue weighted by molar-refractivity contribution is -0.128. The molecule has 7 heteroatoms. The van der Waals surface area contributed by atoms with Gasteiger partial charge in [0.25, 0.3) is 6.47 Å². The summed E-state index contributed by atoms with van der Waals surface area (Å²) in [6.45, 7) is 4.74. The fourth-order valence-electron chi connectivity index (χ4n) is 2.34. The Hall–Kier alpha value is -2.65. The number of aromatic nitrogens is 2. The van der Waals surface area contributed by atoms with Crippen molar-refractivity contribution >= 4 is 18.1 Å². The van der Waals surface area contributed by atoms with Gasteiger partial charge in [0.2, 0.25) is 0 Å². The number of rotatable bonds is 9. The van der Waals surface area contributed by atoms with Crippen LogP contribution < -0.4 is 4.74 Å². The Kier molecular flexibility index (Phi) is 6.93. The van der Waals surface area contributed by atoms with Crippen LogP contribution in [0.2, 0.25) is 5.15 Å². The predicted octanol–water partition coefficient (Wildman–Crippen LogP) is 3.75. The normalized spacial score (nSPS) is 12.1. The van der Waals surface area contributed by atoms with Crippen LogP contribution >= 0.6 is 11.6 Å². The molecule has 0 radical (unpaired) electrons. The highest BCUT2D eigenvalue weighted by atomic mass is 35.5. The van der Waals surface area contributed by atoms with Gasteiger partial charge in [-0.05, 0) is 38.0 Å². The van der Waals surface area contributed by atoms with Gasteiger partial charge in [-0.25, -0.2) is 9.97 Å². The molecule has 0 spiro atoms. The second-order valence-corrected chi connectivity index (χ2v) is 6.77. The Balaban J connectivity index is 2.11. The van der Waals surface area contributed by atoms with E-state index in [1.165, 1.54) is 6.33 Å². The minimum absolute atomic E-state index is 0.132. The average molecular weight is 374 g/mol. The SMILES string of the molecule is CC(C)(C#N)CCOc1ccc(C(COC=O)c2cncnc2Cl)cc1. The molecular formula is C19H20ClN3O3. The first kappa shape index (κ1) is 19.7. The van der Waals surface area contributed by atoms with Gasteiger partial charge in [0.15, 0.2) is 0 Å². The maximum atomic E-state index is 10.6. The molecule has 136 valence electrons. The van der Waals surface area contributed by atoms with Crippen LogP contribution in [0.3, 0.4) is 0 Å². The second kappa shape index (κ2) is 9.16. The maximum Gasteiger partial charge on any atom is 0.293 e. The highest BCUT2D eigenvalue weighted by Gasteiger charge is 2.20. The summed E-state index contributed by atoms with van der Waals surface area (Å²) in [4.78, 5) is 18.6. The number of hydrogen-bond acceptors (Lipinski definition) is 6. The first-order valence-electron chi connectivity index (χ1n) is 8.11. The Morgan fingerprint density at radius 2 is 2.08 bits per heavy atom. The molecule has 1 unspecified atom stereocenters. The number of nitrogens with zero attached hydrogens (tertiary/aromatic N) is 3. The quantitative estimate of drug-likeness (QED) is 0.491. The summed E-state index contributed by atoms with van der Waals surface area (Å²) in [5, 5.41) is 9.35. The topological polar surface area (TPSA) is 85.1 Å². The molecule has 0 amide bonds. The third kappa shape index (κ3) is 5.43. The van der Waals surface area contributed by atoms with E-state index < -0.39 is 5.41 Å². The van der Waals surface area contributed by atoms with Gasteiger partial charge < -0.3 is 9.47 Å². The van der Waals surface area contributed by atoms with Gasteiger partial charge in [0.05, 0.1) is 18.1 Å². The maximum absolute atomic E-state index is 10.6. The highest BCUT2D eigenvalue weighted by molar-refractivity contribution is 6.30. The summed E-state index contributed by atoms with van der Waals surface area (Å²) in [5.41, 5.74) is 1.16. The van der Waals surface area contributed by atoms with Crippen LogP contribution in [0.4, 0.5) is 0 Å². The number of carbonyl (C=O) groups is 1. The highest BCUT2D eigenvalue weighted by Crippen LogP contribution is 2.30. The molecule has 1 heterocycles. The van der Waals surface area contributed by atoms with Crippen molar-refractivity contribution in [3.8, 4) is 11.8 Å². The molecule has 1 aromatic heterocycles. The number of nitriles is 1. The van der Waals surface area contributed by atoms with Gasteiger partial charge in [-0.3, -0.25) is 4.79 Å². The summed E-state index contributed by atoms with van der Waals surface area (Å²) in [5.74, 6) is 0.424. The van der Waals surface area contributed by atoms with Crippen molar-refractivity contribution in [2.24, 2.45) is 5.41 Å². The van der Waals surface area contributed by atoms with Crippen molar-refractivity contribution in [2.45, 2.75) is 26.2 Å². The van der Waals surface area contributed by atoms with Crippen LogP contribution in [0.1, 0.15) is 37.3 Å². The molecule has 0 aliphatic carbocycles. The van der Waals surface area contributed by atoms with E-state index in [0.29, 0.717) is 36.0 Å². The van der Waals surface area contributed by atoms with E-state index in [0.717, 1.165) is 5.56 Å². The Labute approximate surface area is 157 Å². The first-order valence-corrected chi connectivity index (χ1v) is 8.49. The zero-order chi connectivity index (χ0) is 19.0. The van der Waals surface area contributed by atoms with Crippen molar-refractivity contribution in [1.29, 1.82) is 5.26 Å². The second-order valence-electron chi connectivity index (χ2n) is 6.41. The van der Waals surface area contributed by atoms with Crippen LogP contribution in [0.15, 0.2) is 36.8 Å². The number of benzene rings is 1. The summed E-state index contributed by atoms with van der Waals surface area (Å²) < 4.78 is 10.6. The lowest BCUT2D eigenvalue weighted by Crippen LogP contribution is -2.13. The van der Waals surface area contributed by atoms with Crippen molar-refractivity contribution in [1.82, 2.24) is 9.97 Å². The monoisotopic (exact) mass is 373 g/mol. The van der Waals surface area contributed by atoms with Crippen LogP contribution in [0.25, 0.3) is 0 Å². The molecule has 0 saturated carbocycles. The van der Waals surface area contributed by atoms with Crippen LogP contribution in [0, 0.1) is 16.7 Å². The van der Waals surface area contributed by atoms with E-state index in [1.807, 2.05) is 38.1 Å². The Bertz CT molecular complexity index is 772. The third-order valence-corrected chi connectivity index (χ3v) is 4.29. The van der Waals surface area contributed by atoms with Gasteiger partial charge in [-0.2, -0.15) is 5.26 Å². The van der Waals surface area contributed by atoms with Gasteiger partial charge in [-0.15, -0.1) is 0 Å². The molecule has 0 saturated heterocycles. The minimum atomic E-state index is -0.415. The van der Waals surface area contributed by atoms with E-state index in [-0.39, 0.29) is 12.5 Å². The molecule has 2 aromatic rings. The van der Waals surface area contributed by atoms with Crippen LogP contribution in [-0.4, -0.2) is 29.7 Å². The fourth-order valence-corrected chi connectivity index (χ4v) is 2.56. The van der Waals surface area contributed by atoms with Gasteiger partial charge >= 0.3 is 0 Å². The molecule has 0 aliphatic heterocycles. The van der Waals surface area contributed by atoms with E-state index in [1.54, 1.807) is 6.20 Å². The molecule has 0 aliphatic rings. The summed E-state index contributed by atoms with van der Waals surface area (Å²) in [6, 6.07) is 9.68. The lowest BCUT2D eigenvalue weighted by atomic mass is 9.92. The lowest BCUT2D eigenvalue weighted by Gasteiger charge is -2.18. The molecule has 1 aromatic carbocycles. The number of carbonyl (C=O) groups excluding carboxylic acids is 1. The summed E-state index contributed by atoms with van der Waals surface area (Å²) in [6.07, 6.45) is 3.61. The average Bonchev–Trinajstić information content (AvgIpc) is 2.64. The van der Waals surface area contributed by atoms with Crippen LogP contribution in [0.5, 0.6) is 5.75 Å². The van der Waals surface area contributed by atoms with E-state index in [4.69, 9.17) is 26.3 Å². The number of hydrogen-bond donors (Lipinski definition) is 0. The predicted molar refractivity (Wildman–Crippen MR) is 96.8 cm³/mol. The molecule has 0 N–H and O–H groups in total. The van der Waals surface area contributed by atoms with Crippen molar-refractivity contribution in [2.75, 3.05) is 13.2 Å². The molecular weight excluding hydrogens is 354 g/mol. The van der Waals surface area contributed by atoms with Crippen molar-refractivity contribution in [3.05, 3.63) is 53.1 Å². The molecule has 2 rings (SSSR count). The fraction of sp³-hybridized carbons (Fsp3) is 0.368. The Morgan fingerprint density at radius 1 is 1.35 bits per heavy atom. The summed E-state index contributed by atoms with van der Waals surface area (Å²) in [7, 11) is 0. The molecule has 1 atom stereocenters. The van der Waals surface area contributed by atoms with Gasteiger partial charge in [0.1, 0.15) is 23.8 Å². The standard InChI is InChI=1S/C19H20ClN3O3/c1-19(2,11-21)7-8-26-15-5-3-14(4-6-15)17(10-25-13-24)16-9-22-12-23-18(16)20/h3-6,9,12-13,17H,7-8,10H2,1-2H3. The smallest absolute Gasteiger partial charge is 0.293 e. The number of ether oxygens (including phenoxy) is 2. The minimum Gasteiger partial charge on any atom is -0.494 e. The van der Waals surface area contributed by atoms with E-state index >= 15 is 0 Å². The number of halogens is 1. The molecule has 0 bridgehead atoms. The zero-order valence-electron chi connectivity index (χ0n) is 14.7. The first-order chi connectivity index (χ1) is 12.5. The van der Waals surface area contributed by atoms with Crippen molar-refractivity contribution in [3.63, 3.8) is 0 Å². The molecule has 6 nitrogen and oxygen atoms in total. The van der Waals surface area contributed by atoms with E-state index in [9.17, 15) is 4.79 Å². The summed E-state index contributed by atoms with van der Waals surface area (Å²) >= 11 is 6.16. The Morgan fingerprint density at radius 3 is 2.69 bits per heavy atom. The molecule has 0 fully saturated rings. The van der Waals surface area contributed by atoms with Gasteiger partial charge in [-0.1, -0.05) is 23.7 Å². The zero-order valence-corrected chi connectivity index (χ0v) is 15.4. The molecule has 26 heavy (non-hydrogen) atoms. The van der Waals surface area contributed by atoms with Crippen molar-refractivity contribution < 1.29 is 14.3 Å².